The average molecular weight is 372 g/mol. The smallest absolute Gasteiger partial charge is 0.383 e. The number of anilines is 1. The molecule has 1 aromatic carbocycles. The fourth-order valence-electron chi connectivity index (χ4n) is 2.49. The van der Waals surface area contributed by atoms with Gasteiger partial charge in [0.1, 0.15) is 0 Å². The summed E-state index contributed by atoms with van der Waals surface area (Å²) in [4.78, 5) is 17.5. The molecule has 0 heterocycles. The van der Waals surface area contributed by atoms with Gasteiger partial charge in [0.25, 0.3) is 0 Å². The maximum absolute atomic E-state index is 10.7. The number of aryl methyl sites for hydroxylation is 1. The summed E-state index contributed by atoms with van der Waals surface area (Å²) in [7, 11) is -4.49. The first-order chi connectivity index (χ1) is 11.7. The monoisotopic (exact) mass is 372 g/mol. The molecule has 0 saturated heterocycles. The Morgan fingerprint density at radius 2 is 1.72 bits per heavy atom. The summed E-state index contributed by atoms with van der Waals surface area (Å²) < 4.78 is 15.2. The van der Waals surface area contributed by atoms with E-state index in [0.29, 0.717) is 6.54 Å². The number of unbranched alkanes of at least 4 members (excludes halogenated alkanes) is 5. The molecule has 0 amide bonds. The van der Waals surface area contributed by atoms with Crippen molar-refractivity contribution in [2.45, 2.75) is 64.3 Å². The summed E-state index contributed by atoms with van der Waals surface area (Å²) in [5.41, 5.74) is 7.36. The third kappa shape index (κ3) is 11.3. The number of phosphoric acid groups is 1. The lowest BCUT2D eigenvalue weighted by Crippen LogP contribution is -2.47. The van der Waals surface area contributed by atoms with E-state index in [-0.39, 0.29) is 6.61 Å². The predicted molar refractivity (Wildman–Crippen MR) is 103 cm³/mol. The molecule has 0 aliphatic heterocycles. The quantitative estimate of drug-likeness (QED) is 0.310. The van der Waals surface area contributed by atoms with E-state index < -0.39 is 13.4 Å². The van der Waals surface area contributed by atoms with E-state index in [1.165, 1.54) is 44.1 Å². The van der Waals surface area contributed by atoms with E-state index in [4.69, 9.17) is 15.5 Å². The van der Waals surface area contributed by atoms with Crippen LogP contribution < -0.4 is 11.1 Å². The zero-order chi connectivity index (χ0) is 18.8. The molecule has 0 aliphatic carbocycles. The molecule has 1 rings (SSSR count). The van der Waals surface area contributed by atoms with E-state index in [2.05, 4.69) is 28.9 Å². The molecule has 0 aliphatic rings. The van der Waals surface area contributed by atoms with Crippen LogP contribution in [0.25, 0.3) is 0 Å². The fourth-order valence-corrected chi connectivity index (χ4v) is 2.95. The normalized spacial score (nSPS) is 14.3. The van der Waals surface area contributed by atoms with Gasteiger partial charge in [-0.2, -0.15) is 0 Å². The average Bonchev–Trinajstić information content (AvgIpc) is 2.55. The summed E-state index contributed by atoms with van der Waals surface area (Å²) in [5.74, 6) is 0. The third-order valence-electron chi connectivity index (χ3n) is 4.03. The van der Waals surface area contributed by atoms with Crippen LogP contribution in [-0.2, 0) is 15.5 Å². The Bertz CT molecular complexity index is 528. The SMILES string of the molecule is CCCCCCCCc1ccc(NC[C@@](C)(N)COP(=O)(O)O)cc1. The molecule has 0 fully saturated rings. The van der Waals surface area contributed by atoms with Gasteiger partial charge in [-0.15, -0.1) is 0 Å². The highest BCUT2D eigenvalue weighted by Crippen LogP contribution is 2.36. The van der Waals surface area contributed by atoms with Crippen molar-refractivity contribution in [1.29, 1.82) is 0 Å². The first-order valence-electron chi connectivity index (χ1n) is 9.04. The Hall–Kier alpha value is -0.910. The Morgan fingerprint density at radius 3 is 2.32 bits per heavy atom. The minimum atomic E-state index is -4.49. The fraction of sp³-hybridized carbons (Fsp3) is 0.667. The van der Waals surface area contributed by atoms with Crippen molar-refractivity contribution in [2.24, 2.45) is 5.73 Å². The number of rotatable bonds is 13. The van der Waals surface area contributed by atoms with E-state index in [1.54, 1.807) is 6.92 Å². The molecule has 0 unspecified atom stereocenters. The molecule has 6 nitrogen and oxygen atoms in total. The number of benzene rings is 1. The minimum absolute atomic E-state index is 0.222. The first kappa shape index (κ1) is 22.1. The first-order valence-corrected chi connectivity index (χ1v) is 10.6. The van der Waals surface area contributed by atoms with Crippen LogP contribution in [-0.4, -0.2) is 28.5 Å². The third-order valence-corrected chi connectivity index (χ3v) is 4.50. The predicted octanol–water partition coefficient (Wildman–Crippen LogP) is 3.83. The van der Waals surface area contributed by atoms with Crippen molar-refractivity contribution in [3.8, 4) is 0 Å². The second kappa shape index (κ2) is 10.9. The van der Waals surface area contributed by atoms with Crippen LogP contribution in [0.1, 0.15) is 57.9 Å². The Balaban J connectivity index is 2.30. The highest BCUT2D eigenvalue weighted by Gasteiger charge is 2.24. The van der Waals surface area contributed by atoms with Gasteiger partial charge in [-0.05, 0) is 37.5 Å². The van der Waals surface area contributed by atoms with Crippen molar-refractivity contribution in [2.75, 3.05) is 18.5 Å². The minimum Gasteiger partial charge on any atom is -0.383 e. The summed E-state index contributed by atoms with van der Waals surface area (Å²) in [6, 6.07) is 8.22. The molecule has 0 saturated carbocycles. The van der Waals surface area contributed by atoms with Crippen LogP contribution >= 0.6 is 7.82 Å². The van der Waals surface area contributed by atoms with Gasteiger partial charge in [0, 0.05) is 12.2 Å². The highest BCUT2D eigenvalue weighted by atomic mass is 31.2. The van der Waals surface area contributed by atoms with Gasteiger partial charge in [0.05, 0.1) is 12.1 Å². The largest absolute Gasteiger partial charge is 0.469 e. The molecular formula is C18H33N2O4P. The van der Waals surface area contributed by atoms with Crippen LogP contribution in [0.3, 0.4) is 0 Å². The molecule has 0 spiro atoms. The number of phosphoric ester groups is 1. The maximum Gasteiger partial charge on any atom is 0.469 e. The molecule has 144 valence electrons. The van der Waals surface area contributed by atoms with Gasteiger partial charge >= 0.3 is 7.82 Å². The number of hydrogen-bond acceptors (Lipinski definition) is 4. The summed E-state index contributed by atoms with van der Waals surface area (Å²) in [6.07, 6.45) is 8.86. The van der Waals surface area contributed by atoms with Gasteiger partial charge in [-0.1, -0.05) is 51.2 Å². The molecule has 7 heteroatoms. The van der Waals surface area contributed by atoms with Crippen molar-refractivity contribution in [1.82, 2.24) is 0 Å². The highest BCUT2D eigenvalue weighted by molar-refractivity contribution is 7.46. The molecule has 25 heavy (non-hydrogen) atoms. The summed E-state index contributed by atoms with van der Waals surface area (Å²) in [5, 5.41) is 3.18. The van der Waals surface area contributed by atoms with Crippen molar-refractivity contribution in [3.63, 3.8) is 0 Å². The van der Waals surface area contributed by atoms with Crippen LogP contribution in [0.4, 0.5) is 5.69 Å². The van der Waals surface area contributed by atoms with Crippen LogP contribution in [0, 0.1) is 0 Å². The van der Waals surface area contributed by atoms with Gasteiger partial charge in [-0.3, -0.25) is 4.52 Å². The molecule has 0 aromatic heterocycles. The number of nitrogens with one attached hydrogen (secondary N) is 1. The van der Waals surface area contributed by atoms with Crippen molar-refractivity contribution >= 4 is 13.5 Å². The van der Waals surface area contributed by atoms with E-state index >= 15 is 0 Å². The van der Waals surface area contributed by atoms with Crippen LogP contribution in [0.2, 0.25) is 0 Å². The summed E-state index contributed by atoms with van der Waals surface area (Å²) in [6.45, 7) is 4.04. The van der Waals surface area contributed by atoms with Crippen molar-refractivity contribution in [3.05, 3.63) is 29.8 Å². The molecule has 1 atom stereocenters. The van der Waals surface area contributed by atoms with Crippen LogP contribution in [0.15, 0.2) is 24.3 Å². The topological polar surface area (TPSA) is 105 Å². The second-order valence-corrected chi connectivity index (χ2v) is 8.23. The second-order valence-electron chi connectivity index (χ2n) is 6.99. The molecule has 1 aromatic rings. The Morgan fingerprint density at radius 1 is 1.12 bits per heavy atom. The summed E-state index contributed by atoms with van der Waals surface area (Å²) >= 11 is 0. The van der Waals surface area contributed by atoms with E-state index in [9.17, 15) is 4.57 Å². The standard InChI is InChI=1S/C18H33N2O4P/c1-3-4-5-6-7-8-9-16-10-12-17(13-11-16)20-14-18(2,19)15-24-25(21,22)23/h10-13,20H,3-9,14-15,19H2,1-2H3,(H2,21,22,23)/t18-/m1/s1. The molecule has 0 radical (unpaired) electrons. The number of hydrogen-bond donors (Lipinski definition) is 4. The van der Waals surface area contributed by atoms with E-state index in [1.807, 2.05) is 12.1 Å². The zero-order valence-electron chi connectivity index (χ0n) is 15.4. The van der Waals surface area contributed by atoms with Gasteiger partial charge in [0.15, 0.2) is 0 Å². The lowest BCUT2D eigenvalue weighted by atomic mass is 10.0. The zero-order valence-corrected chi connectivity index (χ0v) is 16.3. The van der Waals surface area contributed by atoms with Gasteiger partial charge in [0.2, 0.25) is 0 Å². The van der Waals surface area contributed by atoms with Gasteiger partial charge < -0.3 is 20.8 Å². The lowest BCUT2D eigenvalue weighted by molar-refractivity contribution is 0.162. The lowest BCUT2D eigenvalue weighted by Gasteiger charge is -2.25. The molecule has 0 bridgehead atoms. The van der Waals surface area contributed by atoms with Gasteiger partial charge in [-0.25, -0.2) is 4.57 Å². The molecule has 5 N–H and O–H groups in total. The van der Waals surface area contributed by atoms with E-state index in [0.717, 1.165) is 12.1 Å². The maximum atomic E-state index is 10.7. The van der Waals surface area contributed by atoms with Crippen LogP contribution in [0.5, 0.6) is 0 Å². The molecular weight excluding hydrogens is 339 g/mol. The number of nitrogens with two attached hydrogens (primary N) is 1. The Kier molecular flexibility index (Phi) is 9.69. The van der Waals surface area contributed by atoms with Crippen molar-refractivity contribution < 1.29 is 18.9 Å². The Labute approximate surface area is 151 Å².